The van der Waals surface area contributed by atoms with Gasteiger partial charge >= 0.3 is 0 Å². The molecule has 0 amide bonds. The zero-order valence-electron chi connectivity index (χ0n) is 6.48. The van der Waals surface area contributed by atoms with Crippen molar-refractivity contribution in [3.05, 3.63) is 32.7 Å². The highest BCUT2D eigenvalue weighted by Crippen LogP contribution is 2.17. The van der Waals surface area contributed by atoms with Crippen molar-refractivity contribution in [1.29, 1.82) is 0 Å². The van der Waals surface area contributed by atoms with E-state index in [0.29, 0.717) is 0 Å². The predicted molar refractivity (Wildman–Crippen MR) is 44.9 cm³/mol. The summed E-state index contributed by atoms with van der Waals surface area (Å²) in [6.07, 6.45) is -1.89. The summed E-state index contributed by atoms with van der Waals surface area (Å²) in [6.45, 7) is 0.0115. The van der Waals surface area contributed by atoms with Gasteiger partial charge in [-0.05, 0) is 0 Å². The number of hydrogen-bond acceptors (Lipinski definition) is 2. The Labute approximate surface area is 77.5 Å². The van der Waals surface area contributed by atoms with Crippen molar-refractivity contribution in [3.8, 4) is 0 Å². The van der Waals surface area contributed by atoms with Crippen molar-refractivity contribution in [3.63, 3.8) is 0 Å². The fraction of sp³-hybridized carbons (Fsp3) is 0.286. The second-order valence-electron chi connectivity index (χ2n) is 2.37. The molecule has 0 aliphatic heterocycles. The van der Waals surface area contributed by atoms with Gasteiger partial charge in [-0.2, -0.15) is 0 Å². The first-order valence-electron chi connectivity index (χ1n) is 3.46. The minimum absolute atomic E-state index is 0.0115. The highest BCUT2D eigenvalue weighted by Gasteiger charge is 2.15. The van der Waals surface area contributed by atoms with E-state index in [1.165, 1.54) is 0 Å². The van der Waals surface area contributed by atoms with Crippen LogP contribution in [0, 0.1) is 0 Å². The van der Waals surface area contributed by atoms with Gasteiger partial charge in [0.15, 0.2) is 0 Å². The van der Waals surface area contributed by atoms with Crippen LogP contribution in [0.3, 0.4) is 0 Å². The number of alkyl halides is 2. The van der Waals surface area contributed by atoms with Crippen LogP contribution < -0.4 is 11.2 Å². The third-order valence-corrected chi connectivity index (χ3v) is 1.97. The average Bonchev–Trinajstić information content (AvgIpc) is 2.09. The normalized spacial score (nSPS) is 10.8. The first kappa shape index (κ1) is 10.1. The summed E-state index contributed by atoms with van der Waals surface area (Å²) < 4.78 is 24.3. The number of pyridine rings is 1. The minimum atomic E-state index is -2.83. The van der Waals surface area contributed by atoms with Gasteiger partial charge in [0.05, 0.1) is 11.3 Å². The number of nitrogens with one attached hydrogen (secondary N) is 1. The Hall–Kier alpha value is -0.940. The fourth-order valence-corrected chi connectivity index (χ4v) is 1.11. The van der Waals surface area contributed by atoms with Gasteiger partial charge in [-0.15, -0.1) is 0 Å². The minimum Gasteiger partial charge on any atom is -0.362 e. The molecule has 0 fully saturated rings. The summed E-state index contributed by atoms with van der Waals surface area (Å²) in [5.74, 6) is 0. The van der Waals surface area contributed by atoms with Crippen molar-refractivity contribution in [2.45, 2.75) is 13.0 Å². The summed E-state index contributed by atoms with van der Waals surface area (Å²) in [6, 6.07) is 0. The van der Waals surface area contributed by atoms with Gasteiger partial charge in [-0.1, -0.05) is 11.6 Å². The quantitative estimate of drug-likeness (QED) is 0.772. The lowest BCUT2D eigenvalue weighted by Crippen LogP contribution is -2.15. The number of rotatable bonds is 2. The van der Waals surface area contributed by atoms with Crippen molar-refractivity contribution in [1.82, 2.24) is 4.98 Å². The van der Waals surface area contributed by atoms with Crippen molar-refractivity contribution in [2.24, 2.45) is 5.73 Å². The molecule has 0 spiro atoms. The van der Waals surface area contributed by atoms with Gasteiger partial charge in [0.1, 0.15) is 5.02 Å². The molecule has 1 heterocycles. The van der Waals surface area contributed by atoms with Crippen LogP contribution >= 0.6 is 11.6 Å². The molecule has 1 rings (SSSR count). The van der Waals surface area contributed by atoms with Crippen LogP contribution in [0.1, 0.15) is 17.7 Å². The lowest BCUT2D eigenvalue weighted by Gasteiger charge is -2.03. The molecule has 0 aliphatic rings. The summed E-state index contributed by atoms with van der Waals surface area (Å²) in [5.41, 5.74) is 3.96. The smallest absolute Gasteiger partial charge is 0.269 e. The van der Waals surface area contributed by atoms with Crippen LogP contribution in [0.25, 0.3) is 0 Å². The summed E-state index contributed by atoms with van der Waals surface area (Å²) in [7, 11) is 0. The number of aromatic nitrogens is 1. The second-order valence-corrected chi connectivity index (χ2v) is 2.75. The largest absolute Gasteiger partial charge is 0.362 e. The molecule has 3 N–H and O–H groups in total. The topological polar surface area (TPSA) is 58.9 Å². The molecule has 0 saturated carbocycles. The van der Waals surface area contributed by atoms with E-state index in [4.69, 9.17) is 17.3 Å². The van der Waals surface area contributed by atoms with Crippen LogP contribution in [0.5, 0.6) is 0 Å². The number of H-pyrrole nitrogens is 1. The van der Waals surface area contributed by atoms with E-state index >= 15 is 0 Å². The Kier molecular flexibility index (Phi) is 3.00. The average molecular weight is 209 g/mol. The zero-order chi connectivity index (χ0) is 10.0. The van der Waals surface area contributed by atoms with E-state index in [0.717, 1.165) is 6.20 Å². The van der Waals surface area contributed by atoms with Gasteiger partial charge < -0.3 is 10.7 Å². The summed E-state index contributed by atoms with van der Waals surface area (Å²) in [4.78, 5) is 13.5. The number of nitrogens with two attached hydrogens (primary N) is 1. The first-order chi connectivity index (χ1) is 6.07. The van der Waals surface area contributed by atoms with Gasteiger partial charge in [-0.3, -0.25) is 4.79 Å². The highest BCUT2D eigenvalue weighted by molar-refractivity contribution is 6.31. The van der Waals surface area contributed by atoms with Gasteiger partial charge in [0, 0.05) is 12.7 Å². The third kappa shape index (κ3) is 1.87. The summed E-state index contributed by atoms with van der Waals surface area (Å²) >= 11 is 5.49. The maximum Gasteiger partial charge on any atom is 0.269 e. The van der Waals surface area contributed by atoms with E-state index in [9.17, 15) is 13.6 Å². The van der Waals surface area contributed by atoms with Crippen LogP contribution in [0.15, 0.2) is 11.0 Å². The van der Waals surface area contributed by atoms with Crippen LogP contribution in [0.2, 0.25) is 5.02 Å². The lowest BCUT2D eigenvalue weighted by atomic mass is 10.2. The maximum atomic E-state index is 12.1. The Morgan fingerprint density at radius 2 is 2.23 bits per heavy atom. The van der Waals surface area contributed by atoms with Crippen molar-refractivity contribution in [2.75, 3.05) is 0 Å². The molecule has 0 unspecified atom stereocenters. The molecule has 0 saturated heterocycles. The summed E-state index contributed by atoms with van der Waals surface area (Å²) in [5, 5.41) is -0.264. The molecule has 6 heteroatoms. The number of halogens is 3. The molecule has 1 aromatic heterocycles. The zero-order valence-corrected chi connectivity index (χ0v) is 7.24. The molecule has 0 atom stereocenters. The fourth-order valence-electron chi connectivity index (χ4n) is 0.868. The van der Waals surface area contributed by atoms with E-state index in [1.54, 1.807) is 0 Å². The van der Waals surface area contributed by atoms with E-state index in [2.05, 4.69) is 4.98 Å². The molecule has 1 aromatic rings. The molecular formula is C7H7ClF2N2O. The second kappa shape index (κ2) is 3.85. The van der Waals surface area contributed by atoms with Crippen LogP contribution in [-0.2, 0) is 6.54 Å². The van der Waals surface area contributed by atoms with Gasteiger partial charge in [0.25, 0.3) is 6.43 Å². The maximum absolute atomic E-state index is 12.1. The molecule has 3 nitrogen and oxygen atoms in total. The van der Waals surface area contributed by atoms with Crippen LogP contribution in [0.4, 0.5) is 8.78 Å². The Balaban J connectivity index is 3.32. The SMILES string of the molecule is NCc1[nH]cc(C(F)F)c(=O)c1Cl. The molecule has 0 aliphatic carbocycles. The molecule has 72 valence electrons. The lowest BCUT2D eigenvalue weighted by molar-refractivity contribution is 0.149. The standard InChI is InChI=1S/C7H7ClF2N2O/c8-5-4(1-11)12-2-3(6(5)13)7(9)10/h2,7H,1,11H2,(H,12,13). The van der Waals surface area contributed by atoms with Crippen molar-refractivity contribution < 1.29 is 8.78 Å². The Bertz CT molecular complexity index is 364. The van der Waals surface area contributed by atoms with Crippen LogP contribution in [-0.4, -0.2) is 4.98 Å². The molecule has 13 heavy (non-hydrogen) atoms. The third-order valence-electron chi connectivity index (χ3n) is 1.57. The molecular weight excluding hydrogens is 202 g/mol. The number of aromatic amines is 1. The van der Waals surface area contributed by atoms with E-state index in [-0.39, 0.29) is 17.3 Å². The Morgan fingerprint density at radius 3 is 2.69 bits per heavy atom. The molecule has 0 bridgehead atoms. The number of hydrogen-bond donors (Lipinski definition) is 2. The first-order valence-corrected chi connectivity index (χ1v) is 3.84. The molecule has 0 aromatic carbocycles. The highest BCUT2D eigenvalue weighted by atomic mass is 35.5. The van der Waals surface area contributed by atoms with Gasteiger partial charge in [0.2, 0.25) is 5.43 Å². The van der Waals surface area contributed by atoms with Crippen molar-refractivity contribution >= 4 is 11.6 Å². The molecule has 0 radical (unpaired) electrons. The van der Waals surface area contributed by atoms with E-state index in [1.807, 2.05) is 0 Å². The Morgan fingerprint density at radius 1 is 1.62 bits per heavy atom. The predicted octanol–water partition coefficient (Wildman–Crippen LogP) is 1.42. The van der Waals surface area contributed by atoms with E-state index < -0.39 is 17.4 Å². The van der Waals surface area contributed by atoms with Gasteiger partial charge in [-0.25, -0.2) is 8.78 Å². The monoisotopic (exact) mass is 208 g/mol.